The summed E-state index contributed by atoms with van der Waals surface area (Å²) in [7, 11) is 0. The van der Waals surface area contributed by atoms with Crippen LogP contribution >= 0.6 is 0 Å². The van der Waals surface area contributed by atoms with Crippen molar-refractivity contribution < 1.29 is 9.84 Å². The Morgan fingerprint density at radius 1 is 1.43 bits per heavy atom. The van der Waals surface area contributed by atoms with Gasteiger partial charge in [0.25, 0.3) is 5.56 Å². The molecule has 0 aliphatic heterocycles. The third-order valence-electron chi connectivity index (χ3n) is 4.54. The highest BCUT2D eigenvalue weighted by Crippen LogP contribution is 2.51. The van der Waals surface area contributed by atoms with Crippen molar-refractivity contribution in [3.8, 4) is 5.88 Å². The molecule has 6 heteroatoms. The van der Waals surface area contributed by atoms with Crippen molar-refractivity contribution in [2.24, 2.45) is 5.41 Å². The number of nitrogens with one attached hydrogen (secondary N) is 1. The summed E-state index contributed by atoms with van der Waals surface area (Å²) in [6, 6.07) is -0.184. The van der Waals surface area contributed by atoms with Gasteiger partial charge in [0, 0.05) is 12.0 Å². The van der Waals surface area contributed by atoms with Gasteiger partial charge in [-0.3, -0.25) is 14.3 Å². The first-order chi connectivity index (χ1) is 9.71. The van der Waals surface area contributed by atoms with Crippen LogP contribution in [-0.4, -0.2) is 27.4 Å². The maximum Gasteiger partial charge on any atom is 0.331 e. The molecule has 1 aliphatic rings. The normalized spacial score (nSPS) is 24.1. The second-order valence-corrected chi connectivity index (χ2v) is 6.54. The highest BCUT2D eigenvalue weighted by molar-refractivity contribution is 5.27. The van der Waals surface area contributed by atoms with Gasteiger partial charge in [0.05, 0.1) is 17.7 Å². The lowest BCUT2D eigenvalue weighted by Gasteiger charge is -2.52. The largest absolute Gasteiger partial charge is 0.494 e. The van der Waals surface area contributed by atoms with E-state index in [2.05, 4.69) is 4.98 Å². The van der Waals surface area contributed by atoms with Crippen molar-refractivity contribution in [1.82, 2.24) is 9.55 Å². The standard InChI is InChI=1S/C15H24N2O4/c1-6-21-10-7-9(15(10,4)5)17-13(19)11(8(2)3)12(18)16-14(17)20/h8-10,19H,6-7H2,1-5H3,(H,16,18,20). The summed E-state index contributed by atoms with van der Waals surface area (Å²) >= 11 is 0. The summed E-state index contributed by atoms with van der Waals surface area (Å²) in [5, 5.41) is 10.4. The van der Waals surface area contributed by atoms with E-state index < -0.39 is 11.2 Å². The van der Waals surface area contributed by atoms with Crippen molar-refractivity contribution in [3.05, 3.63) is 26.4 Å². The van der Waals surface area contributed by atoms with Crippen LogP contribution in [-0.2, 0) is 4.74 Å². The van der Waals surface area contributed by atoms with E-state index in [0.717, 1.165) is 0 Å². The molecule has 1 aromatic heterocycles. The van der Waals surface area contributed by atoms with Gasteiger partial charge in [-0.25, -0.2) is 4.79 Å². The molecule has 0 spiro atoms. The molecule has 0 radical (unpaired) electrons. The minimum Gasteiger partial charge on any atom is -0.494 e. The van der Waals surface area contributed by atoms with Gasteiger partial charge in [-0.2, -0.15) is 0 Å². The molecule has 2 atom stereocenters. The van der Waals surface area contributed by atoms with Crippen LogP contribution in [0.5, 0.6) is 5.88 Å². The fourth-order valence-electron chi connectivity index (χ4n) is 3.15. The lowest BCUT2D eigenvalue weighted by molar-refractivity contribution is -0.130. The molecule has 2 rings (SSSR count). The highest BCUT2D eigenvalue weighted by atomic mass is 16.5. The van der Waals surface area contributed by atoms with E-state index in [4.69, 9.17) is 4.74 Å². The van der Waals surface area contributed by atoms with Crippen molar-refractivity contribution in [1.29, 1.82) is 0 Å². The van der Waals surface area contributed by atoms with Crippen molar-refractivity contribution in [3.63, 3.8) is 0 Å². The Hall–Kier alpha value is -1.56. The Morgan fingerprint density at radius 2 is 2.05 bits per heavy atom. The number of ether oxygens (including phenoxy) is 1. The zero-order chi connectivity index (χ0) is 15.9. The molecule has 0 bridgehead atoms. The average Bonchev–Trinajstić information content (AvgIpc) is 2.35. The topological polar surface area (TPSA) is 84.3 Å². The van der Waals surface area contributed by atoms with Gasteiger partial charge < -0.3 is 9.84 Å². The summed E-state index contributed by atoms with van der Waals surface area (Å²) in [5.41, 5.74) is -1.09. The molecule has 1 saturated carbocycles. The molecule has 2 N–H and O–H groups in total. The molecule has 1 heterocycles. The molecule has 118 valence electrons. The maximum absolute atomic E-state index is 12.1. The molecule has 0 saturated heterocycles. The van der Waals surface area contributed by atoms with Crippen LogP contribution in [0.4, 0.5) is 0 Å². The van der Waals surface area contributed by atoms with E-state index in [1.807, 2.05) is 34.6 Å². The van der Waals surface area contributed by atoms with Crippen LogP contribution in [0.1, 0.15) is 58.6 Å². The first-order valence-electron chi connectivity index (χ1n) is 7.41. The molecule has 21 heavy (non-hydrogen) atoms. The maximum atomic E-state index is 12.1. The third-order valence-corrected chi connectivity index (χ3v) is 4.54. The Balaban J connectivity index is 2.50. The van der Waals surface area contributed by atoms with E-state index in [-0.39, 0.29) is 34.9 Å². The number of hydrogen-bond donors (Lipinski definition) is 2. The van der Waals surface area contributed by atoms with Crippen molar-refractivity contribution >= 4 is 0 Å². The number of aromatic nitrogens is 2. The van der Waals surface area contributed by atoms with E-state index in [1.54, 1.807) is 0 Å². The van der Waals surface area contributed by atoms with Crippen LogP contribution in [0.2, 0.25) is 0 Å². The van der Waals surface area contributed by atoms with E-state index in [9.17, 15) is 14.7 Å². The quantitative estimate of drug-likeness (QED) is 0.886. The summed E-state index contributed by atoms with van der Waals surface area (Å²) in [6.07, 6.45) is 0.700. The average molecular weight is 296 g/mol. The summed E-state index contributed by atoms with van der Waals surface area (Å²) < 4.78 is 6.97. The van der Waals surface area contributed by atoms with E-state index >= 15 is 0 Å². The minimum absolute atomic E-state index is 0.0493. The predicted molar refractivity (Wildman–Crippen MR) is 79.9 cm³/mol. The lowest BCUT2D eigenvalue weighted by Crippen LogP contribution is -2.54. The van der Waals surface area contributed by atoms with Crippen LogP contribution < -0.4 is 11.2 Å². The van der Waals surface area contributed by atoms with Gasteiger partial charge in [0.2, 0.25) is 5.88 Å². The summed E-state index contributed by atoms with van der Waals surface area (Å²) in [4.78, 5) is 26.3. The Kier molecular flexibility index (Phi) is 4.02. The van der Waals surface area contributed by atoms with Gasteiger partial charge in [-0.05, 0) is 19.3 Å². The first kappa shape index (κ1) is 15.8. The number of aromatic amines is 1. The van der Waals surface area contributed by atoms with E-state index in [0.29, 0.717) is 13.0 Å². The smallest absolute Gasteiger partial charge is 0.331 e. The summed E-state index contributed by atoms with van der Waals surface area (Å²) in [6.45, 7) is 10.2. The molecule has 1 aliphatic carbocycles. The fraction of sp³-hybridized carbons (Fsp3) is 0.733. The Labute approximate surface area is 123 Å². The summed E-state index contributed by atoms with van der Waals surface area (Å²) in [5.74, 6) is -0.377. The van der Waals surface area contributed by atoms with Crippen LogP contribution in [0.25, 0.3) is 0 Å². The second-order valence-electron chi connectivity index (χ2n) is 6.54. The highest BCUT2D eigenvalue weighted by Gasteiger charge is 2.51. The van der Waals surface area contributed by atoms with Gasteiger partial charge in [0.1, 0.15) is 0 Å². The number of hydrogen-bond acceptors (Lipinski definition) is 4. The zero-order valence-electron chi connectivity index (χ0n) is 13.3. The van der Waals surface area contributed by atoms with Crippen LogP contribution in [0.3, 0.4) is 0 Å². The lowest BCUT2D eigenvalue weighted by atomic mass is 9.64. The third kappa shape index (κ3) is 2.41. The molecule has 2 unspecified atom stereocenters. The monoisotopic (exact) mass is 296 g/mol. The Morgan fingerprint density at radius 3 is 2.52 bits per heavy atom. The number of nitrogens with zero attached hydrogens (tertiary/aromatic N) is 1. The van der Waals surface area contributed by atoms with Crippen LogP contribution in [0, 0.1) is 5.41 Å². The minimum atomic E-state index is -0.560. The van der Waals surface area contributed by atoms with Gasteiger partial charge in [-0.1, -0.05) is 27.7 Å². The number of rotatable bonds is 4. The van der Waals surface area contributed by atoms with Crippen molar-refractivity contribution in [2.75, 3.05) is 6.61 Å². The van der Waals surface area contributed by atoms with Crippen LogP contribution in [0.15, 0.2) is 9.59 Å². The van der Waals surface area contributed by atoms with Gasteiger partial charge >= 0.3 is 5.69 Å². The second kappa shape index (κ2) is 5.33. The molecule has 0 aromatic carbocycles. The predicted octanol–water partition coefficient (Wildman–Crippen LogP) is 1.74. The number of H-pyrrole nitrogens is 1. The fourth-order valence-corrected chi connectivity index (χ4v) is 3.15. The molecule has 1 aromatic rings. The molecular weight excluding hydrogens is 272 g/mol. The number of aromatic hydroxyl groups is 1. The first-order valence-corrected chi connectivity index (χ1v) is 7.41. The molecule has 1 fully saturated rings. The van der Waals surface area contributed by atoms with E-state index in [1.165, 1.54) is 4.57 Å². The SMILES string of the molecule is CCOC1CC(n2c(O)c(C(C)C)c(=O)[nH]c2=O)C1(C)C. The Bertz CT molecular complexity index is 642. The molecule has 6 nitrogen and oxygen atoms in total. The zero-order valence-corrected chi connectivity index (χ0v) is 13.3. The molecule has 0 amide bonds. The van der Waals surface area contributed by atoms with Gasteiger partial charge in [-0.15, -0.1) is 0 Å². The molecular formula is C15H24N2O4. The van der Waals surface area contributed by atoms with Crippen molar-refractivity contribution in [2.45, 2.75) is 59.1 Å². The van der Waals surface area contributed by atoms with Gasteiger partial charge in [0.15, 0.2) is 0 Å².